The number of likely N-dealkylation sites (N-methyl/N-ethyl adjacent to an activating group) is 1. The summed E-state index contributed by atoms with van der Waals surface area (Å²) in [5.74, 6) is -1.30. The Morgan fingerprint density at radius 3 is 1.98 bits per heavy atom. The van der Waals surface area contributed by atoms with Gasteiger partial charge in [0.2, 0.25) is 11.8 Å². The molecule has 4 aliphatic rings. The summed E-state index contributed by atoms with van der Waals surface area (Å²) in [5, 5.41) is 2.94. The van der Waals surface area contributed by atoms with Crippen LogP contribution in [0.4, 0.5) is 41.2 Å². The number of amides is 5. The monoisotopic (exact) mass is 1390 g/mol. The van der Waals surface area contributed by atoms with Gasteiger partial charge in [-0.2, -0.15) is 26.3 Å². The fraction of sp³-hybridized carbons (Fsp3) is 0.474. The van der Waals surface area contributed by atoms with Crippen molar-refractivity contribution in [1.29, 1.82) is 0 Å². The van der Waals surface area contributed by atoms with Crippen LogP contribution in [0, 0.1) is 12.7 Å². The number of anilines is 1. The first kappa shape index (κ1) is 76.0. The molecular weight excluding hydrogens is 1300 g/mol. The molecule has 3 heterocycles. The number of likely N-dealkylation sites (tertiary alicyclic amines) is 2. The molecule has 538 valence electrons. The predicted molar refractivity (Wildman–Crippen MR) is 371 cm³/mol. The van der Waals surface area contributed by atoms with Gasteiger partial charge in [-0.3, -0.25) is 24.5 Å². The molecule has 3 saturated heterocycles. The molecule has 3 fully saturated rings. The minimum Gasteiger partial charge on any atom is -0.446 e. The molecule has 2 atom stereocenters. The number of alkyl halides is 6. The molecule has 5 amide bonds. The molecule has 1 aliphatic carbocycles. The van der Waals surface area contributed by atoms with Gasteiger partial charge in [0.05, 0.1) is 29.5 Å². The van der Waals surface area contributed by atoms with Crippen molar-refractivity contribution >= 4 is 35.4 Å². The Morgan fingerprint density at radius 1 is 0.670 bits per heavy atom. The third-order valence-electron chi connectivity index (χ3n) is 20.2. The van der Waals surface area contributed by atoms with Gasteiger partial charge in [-0.15, -0.1) is 0 Å². The Hall–Kier alpha value is -8.18. The van der Waals surface area contributed by atoms with Crippen molar-refractivity contribution in [3.63, 3.8) is 0 Å². The fourth-order valence-electron chi connectivity index (χ4n) is 14.2. The summed E-state index contributed by atoms with van der Waals surface area (Å²) in [5.41, 5.74) is 3.86. The largest absolute Gasteiger partial charge is 0.446 e. The number of fused-ring (bicyclic) bond motifs is 2. The minimum atomic E-state index is -5.09. The summed E-state index contributed by atoms with van der Waals surface area (Å²) in [6, 6.07) is 38.5. The quantitative estimate of drug-likeness (QED) is 0.0434. The summed E-state index contributed by atoms with van der Waals surface area (Å²) in [6.07, 6.45) is 0.115. The number of aryl methyl sites for hydroxylation is 2. The van der Waals surface area contributed by atoms with Crippen LogP contribution in [0.3, 0.4) is 0 Å². The van der Waals surface area contributed by atoms with E-state index >= 15 is 0 Å². The number of carbonyl (C=O) groups excluding carboxylic acids is 5. The molecule has 22 heteroatoms. The molecule has 0 aromatic heterocycles. The molecule has 15 nitrogen and oxygen atoms in total. The summed E-state index contributed by atoms with van der Waals surface area (Å²) in [6.45, 7) is 12.2. The molecule has 6 aromatic carbocycles. The molecule has 6 aromatic rings. The number of para-hydroxylation sites is 1. The lowest BCUT2D eigenvalue weighted by Crippen LogP contribution is -2.49. The van der Waals surface area contributed by atoms with Gasteiger partial charge in [0.1, 0.15) is 24.3 Å². The van der Waals surface area contributed by atoms with Crippen molar-refractivity contribution < 1.29 is 68.9 Å². The van der Waals surface area contributed by atoms with Crippen LogP contribution in [-0.4, -0.2) is 171 Å². The van der Waals surface area contributed by atoms with Crippen LogP contribution < -0.4 is 5.32 Å². The van der Waals surface area contributed by atoms with E-state index < -0.39 is 52.5 Å². The highest BCUT2D eigenvalue weighted by Crippen LogP contribution is 2.48. The second-order valence-electron chi connectivity index (χ2n) is 27.0. The second kappa shape index (κ2) is 34.5. The Balaban J connectivity index is 0.000000235. The van der Waals surface area contributed by atoms with Crippen LogP contribution in [0.25, 0.3) is 11.1 Å². The van der Waals surface area contributed by atoms with Crippen LogP contribution in [0.15, 0.2) is 140 Å². The van der Waals surface area contributed by atoms with Gasteiger partial charge in [0, 0.05) is 109 Å². The number of nitrogens with zero attached hydrogens (tertiary/aromatic N) is 6. The Bertz CT molecular complexity index is 3700. The van der Waals surface area contributed by atoms with E-state index in [2.05, 4.69) is 46.3 Å². The maximum absolute atomic E-state index is 13.9. The molecule has 3 aliphatic heterocycles. The molecule has 1 spiro atoms. The summed E-state index contributed by atoms with van der Waals surface area (Å²) >= 11 is 0. The highest BCUT2D eigenvalue weighted by Gasteiger charge is 2.50. The van der Waals surface area contributed by atoms with E-state index in [0.717, 1.165) is 131 Å². The van der Waals surface area contributed by atoms with Crippen LogP contribution in [0.1, 0.15) is 144 Å². The van der Waals surface area contributed by atoms with E-state index in [1.165, 1.54) is 41.0 Å². The van der Waals surface area contributed by atoms with Gasteiger partial charge < -0.3 is 43.6 Å². The van der Waals surface area contributed by atoms with E-state index in [-0.39, 0.29) is 54.7 Å². The molecule has 0 radical (unpaired) electrons. The SMILES string of the molecule is CC(=O)N(C)CCCN(C)C(=O)c1ccc(CCCCCCC(=O)N(C)CCN2CCC(OC(=O)Nc3ccccc3-c3ccccc3)CC2)c(C)c1.CCO[C@H]1Cc2ccccc2C12CCN(CC[C@@]1(c3ccc(F)cc3)CN(C(=O)c3cc(C(F)(F)F)cc(C(F)(F)F)c3)CO1)CC2. The van der Waals surface area contributed by atoms with Crippen LogP contribution in [0.2, 0.25) is 0 Å². The average Bonchev–Trinajstić information content (AvgIpc) is 1.59. The Kier molecular flexibility index (Phi) is 26.2. The van der Waals surface area contributed by atoms with E-state index in [1.54, 1.807) is 30.8 Å². The van der Waals surface area contributed by atoms with Gasteiger partial charge in [0.25, 0.3) is 11.8 Å². The smallest absolute Gasteiger partial charge is 0.416 e. The van der Waals surface area contributed by atoms with Gasteiger partial charge >= 0.3 is 18.4 Å². The van der Waals surface area contributed by atoms with Crippen molar-refractivity contribution in [3.8, 4) is 11.1 Å². The molecular formula is C78H94F7N7O8. The second-order valence-corrected chi connectivity index (χ2v) is 27.0. The zero-order valence-corrected chi connectivity index (χ0v) is 58.2. The zero-order chi connectivity index (χ0) is 71.8. The molecule has 0 bridgehead atoms. The Morgan fingerprint density at radius 2 is 1.31 bits per heavy atom. The van der Waals surface area contributed by atoms with Crippen molar-refractivity contribution in [1.82, 2.24) is 29.4 Å². The van der Waals surface area contributed by atoms with Crippen molar-refractivity contribution in [2.24, 2.45) is 0 Å². The van der Waals surface area contributed by atoms with Gasteiger partial charge in [-0.1, -0.05) is 104 Å². The molecule has 100 heavy (non-hydrogen) atoms. The lowest BCUT2D eigenvalue weighted by Gasteiger charge is -2.44. The first-order chi connectivity index (χ1) is 47.7. The highest BCUT2D eigenvalue weighted by atomic mass is 19.4. The van der Waals surface area contributed by atoms with Crippen LogP contribution >= 0.6 is 0 Å². The summed E-state index contributed by atoms with van der Waals surface area (Å²) in [4.78, 5) is 74.2. The number of hydrogen-bond acceptors (Lipinski definition) is 10. The van der Waals surface area contributed by atoms with Crippen molar-refractivity contribution in [2.45, 2.75) is 140 Å². The first-order valence-corrected chi connectivity index (χ1v) is 34.8. The maximum Gasteiger partial charge on any atom is 0.416 e. The number of piperidine rings is 2. The minimum absolute atomic E-state index is 0.00217. The number of rotatable bonds is 25. The van der Waals surface area contributed by atoms with Gasteiger partial charge in [-0.05, 0) is 173 Å². The number of hydrogen-bond donors (Lipinski definition) is 1. The average molecular weight is 1390 g/mol. The third kappa shape index (κ3) is 19.9. The summed E-state index contributed by atoms with van der Waals surface area (Å²) in [7, 11) is 5.47. The first-order valence-electron chi connectivity index (χ1n) is 34.8. The normalized spacial score (nSPS) is 17.9. The van der Waals surface area contributed by atoms with Gasteiger partial charge in [-0.25, -0.2) is 9.18 Å². The topological polar surface area (TPSA) is 145 Å². The third-order valence-corrected chi connectivity index (χ3v) is 20.2. The maximum atomic E-state index is 13.9. The number of ether oxygens (including phenoxy) is 3. The number of nitrogens with one attached hydrogen (secondary N) is 1. The number of halogens is 7. The molecule has 0 unspecified atom stereocenters. The van der Waals surface area contributed by atoms with Gasteiger partial charge in [0.15, 0.2) is 0 Å². The molecule has 1 N–H and O–H groups in total. The van der Waals surface area contributed by atoms with Crippen LogP contribution in [-0.2, 0) is 60.0 Å². The molecule has 0 saturated carbocycles. The Labute approximate surface area is 582 Å². The van der Waals surface area contributed by atoms with E-state index in [9.17, 15) is 54.7 Å². The predicted octanol–water partition coefficient (Wildman–Crippen LogP) is 14.8. The molecule has 10 rings (SSSR count). The highest BCUT2D eigenvalue weighted by molar-refractivity contribution is 5.95. The van der Waals surface area contributed by atoms with Crippen molar-refractivity contribution in [2.75, 3.05) is 105 Å². The number of benzene rings is 6. The standard InChI is InChI=1S/C43H59N5O5.C35H35F7N2O3/c1-33-32-37(42(51)47(5)27-15-26-45(3)34(2)49)23-22-35(33)16-9-6-7-12-21-41(50)46(4)30-31-48-28-24-38(25-29-48)53-43(52)44-40-20-14-13-19-39(40)36-17-10-8-11-18-36;1-2-46-30-19-23-5-3-4-6-29(23)32(30)11-14-43(15-12-32)16-13-33(25-7-9-28(36)10-8-25)21-44(22-47-33)31(45)24-17-26(34(37,38)39)20-27(18-24)35(40,41)42/h8,10-11,13-14,17-20,22-23,32,38H,6-7,9,12,15-16,21,24-31H2,1-5H3,(H,44,52);3-10,17-18,20,30H,2,11-16,19,21-22H2,1H3/t;30-,33-/m.0/s1. The van der Waals surface area contributed by atoms with E-state index in [4.69, 9.17) is 14.2 Å². The van der Waals surface area contributed by atoms with Crippen molar-refractivity contribution in [3.05, 3.63) is 195 Å². The van der Waals surface area contributed by atoms with Crippen LogP contribution in [0.5, 0.6) is 0 Å². The number of unbranched alkanes of at least 4 members (excludes halogenated alkanes) is 3. The lowest BCUT2D eigenvalue weighted by atomic mass is 9.72. The summed E-state index contributed by atoms with van der Waals surface area (Å²) < 4.78 is 113. The fourth-order valence-corrected chi connectivity index (χ4v) is 14.2. The number of carbonyl (C=O) groups is 5. The zero-order valence-electron chi connectivity index (χ0n) is 58.2. The van der Waals surface area contributed by atoms with E-state index in [0.29, 0.717) is 68.9 Å². The lowest BCUT2D eigenvalue weighted by molar-refractivity contribution is -0.143. The van der Waals surface area contributed by atoms with E-state index in [1.807, 2.05) is 91.7 Å².